The molecule has 6 heteroatoms. The van der Waals surface area contributed by atoms with Crippen molar-refractivity contribution in [3.63, 3.8) is 0 Å². The molecule has 0 fully saturated rings. The van der Waals surface area contributed by atoms with Crippen molar-refractivity contribution in [1.29, 1.82) is 0 Å². The molecule has 0 aliphatic carbocycles. The van der Waals surface area contributed by atoms with Crippen LogP contribution in [0.1, 0.15) is 11.1 Å². The van der Waals surface area contributed by atoms with Gasteiger partial charge in [0.05, 0.1) is 15.5 Å². The Morgan fingerprint density at radius 3 is 2.63 bits per heavy atom. The van der Waals surface area contributed by atoms with Crippen molar-refractivity contribution < 1.29 is 0 Å². The monoisotopic (exact) mass is 336 g/mol. The molecule has 2 heterocycles. The van der Waals surface area contributed by atoms with Crippen LogP contribution in [0, 0.1) is 13.8 Å². The van der Waals surface area contributed by atoms with E-state index in [-0.39, 0.29) is 0 Å². The lowest BCUT2D eigenvalue weighted by molar-refractivity contribution is 0.983. The first-order chi connectivity index (χ1) is 9.08. The number of aromatic nitrogens is 4. The van der Waals surface area contributed by atoms with Crippen LogP contribution in [0.25, 0.3) is 16.9 Å². The Morgan fingerprint density at radius 1 is 1.11 bits per heavy atom. The fourth-order valence-corrected chi connectivity index (χ4v) is 2.46. The molecule has 96 valence electrons. The standard InChI is InChI=1S/C13H10BrClN4/c1-7-3-9-10(4-8(7)2)19(6-18-9)13-11(14)12(15)16-5-17-13/h3-6H,1-2H3. The number of halogens is 2. The number of rotatable bonds is 1. The largest absolute Gasteiger partial charge is 0.282 e. The molecule has 1 aromatic carbocycles. The highest BCUT2D eigenvalue weighted by Gasteiger charge is 2.12. The van der Waals surface area contributed by atoms with Crippen LogP contribution in [0.4, 0.5) is 0 Å². The summed E-state index contributed by atoms with van der Waals surface area (Å²) in [5, 5.41) is 0.385. The summed E-state index contributed by atoms with van der Waals surface area (Å²) in [7, 11) is 0. The zero-order valence-corrected chi connectivity index (χ0v) is 12.7. The van der Waals surface area contributed by atoms with Crippen molar-refractivity contribution in [3.8, 4) is 5.82 Å². The Hall–Kier alpha value is -1.46. The van der Waals surface area contributed by atoms with E-state index in [1.807, 2.05) is 4.57 Å². The van der Waals surface area contributed by atoms with Gasteiger partial charge in [-0.3, -0.25) is 4.57 Å². The number of benzene rings is 1. The van der Waals surface area contributed by atoms with Gasteiger partial charge in [0.25, 0.3) is 0 Å². The molecule has 0 aliphatic heterocycles. The summed E-state index contributed by atoms with van der Waals surface area (Å²) in [5.74, 6) is 0.686. The second kappa shape index (κ2) is 4.58. The average Bonchev–Trinajstić information content (AvgIpc) is 2.76. The Kier molecular flexibility index (Phi) is 3.03. The van der Waals surface area contributed by atoms with E-state index in [1.54, 1.807) is 6.33 Å². The highest BCUT2D eigenvalue weighted by molar-refractivity contribution is 9.10. The number of aryl methyl sites for hydroxylation is 2. The molecule has 19 heavy (non-hydrogen) atoms. The van der Waals surface area contributed by atoms with Gasteiger partial charge in [-0.15, -0.1) is 0 Å². The predicted octanol–water partition coefficient (Wildman–Crippen LogP) is 3.85. The van der Waals surface area contributed by atoms with E-state index in [2.05, 4.69) is 56.9 Å². The summed E-state index contributed by atoms with van der Waals surface area (Å²) >= 11 is 9.42. The van der Waals surface area contributed by atoms with E-state index in [4.69, 9.17) is 11.6 Å². The molecule has 0 radical (unpaired) electrons. The van der Waals surface area contributed by atoms with Crippen LogP contribution in [-0.4, -0.2) is 19.5 Å². The summed E-state index contributed by atoms with van der Waals surface area (Å²) in [6.07, 6.45) is 3.18. The van der Waals surface area contributed by atoms with Crippen molar-refractivity contribution in [3.05, 3.63) is 45.5 Å². The molecule has 3 rings (SSSR count). The van der Waals surface area contributed by atoms with Crippen LogP contribution >= 0.6 is 27.5 Å². The van der Waals surface area contributed by atoms with Crippen molar-refractivity contribution in [1.82, 2.24) is 19.5 Å². The van der Waals surface area contributed by atoms with Crippen molar-refractivity contribution in [2.75, 3.05) is 0 Å². The maximum atomic E-state index is 6.01. The molecule has 0 N–H and O–H groups in total. The zero-order chi connectivity index (χ0) is 13.6. The minimum absolute atomic E-state index is 0.385. The van der Waals surface area contributed by atoms with Gasteiger partial charge in [-0.05, 0) is 53.0 Å². The van der Waals surface area contributed by atoms with Crippen molar-refractivity contribution in [2.45, 2.75) is 13.8 Å². The molecule has 0 atom stereocenters. The highest BCUT2D eigenvalue weighted by Crippen LogP contribution is 2.28. The molecule has 0 saturated carbocycles. The van der Waals surface area contributed by atoms with Crippen LogP contribution in [0.2, 0.25) is 5.15 Å². The summed E-state index contributed by atoms with van der Waals surface area (Å²) in [6.45, 7) is 4.15. The predicted molar refractivity (Wildman–Crippen MR) is 78.8 cm³/mol. The third kappa shape index (κ3) is 2.03. The topological polar surface area (TPSA) is 43.6 Å². The van der Waals surface area contributed by atoms with E-state index in [1.165, 1.54) is 17.5 Å². The quantitative estimate of drug-likeness (QED) is 0.634. The maximum Gasteiger partial charge on any atom is 0.157 e. The van der Waals surface area contributed by atoms with Crippen LogP contribution in [-0.2, 0) is 0 Å². The summed E-state index contributed by atoms with van der Waals surface area (Å²) in [6, 6.07) is 4.16. The minimum atomic E-state index is 0.385. The molecular weight excluding hydrogens is 328 g/mol. The molecule has 0 amide bonds. The van der Waals surface area contributed by atoms with Gasteiger partial charge in [0.2, 0.25) is 0 Å². The lowest BCUT2D eigenvalue weighted by Gasteiger charge is -2.07. The first-order valence-electron chi connectivity index (χ1n) is 5.68. The number of hydrogen-bond acceptors (Lipinski definition) is 3. The molecule has 0 bridgehead atoms. The Morgan fingerprint density at radius 2 is 1.84 bits per heavy atom. The fourth-order valence-electron chi connectivity index (χ4n) is 1.94. The normalized spacial score (nSPS) is 11.2. The van der Waals surface area contributed by atoms with Crippen molar-refractivity contribution >= 4 is 38.6 Å². The smallest absolute Gasteiger partial charge is 0.157 e. The first kappa shape index (κ1) is 12.6. The number of fused-ring (bicyclic) bond motifs is 1. The van der Waals surface area contributed by atoms with Gasteiger partial charge in [0.1, 0.15) is 17.8 Å². The van der Waals surface area contributed by atoms with E-state index in [9.17, 15) is 0 Å². The van der Waals surface area contributed by atoms with Crippen LogP contribution in [0.15, 0.2) is 29.3 Å². The summed E-state index contributed by atoms with van der Waals surface area (Å²) in [5.41, 5.74) is 4.37. The molecule has 4 nitrogen and oxygen atoms in total. The third-order valence-corrected chi connectivity index (χ3v) is 4.36. The van der Waals surface area contributed by atoms with Gasteiger partial charge >= 0.3 is 0 Å². The van der Waals surface area contributed by atoms with Crippen LogP contribution in [0.3, 0.4) is 0 Å². The number of hydrogen-bond donors (Lipinski definition) is 0. The zero-order valence-electron chi connectivity index (χ0n) is 10.4. The molecule has 0 aliphatic rings. The van der Waals surface area contributed by atoms with Crippen LogP contribution < -0.4 is 0 Å². The summed E-state index contributed by atoms with van der Waals surface area (Å²) in [4.78, 5) is 12.6. The first-order valence-corrected chi connectivity index (χ1v) is 6.85. The van der Waals surface area contributed by atoms with Crippen LogP contribution in [0.5, 0.6) is 0 Å². The molecule has 3 aromatic rings. The molecule has 2 aromatic heterocycles. The highest BCUT2D eigenvalue weighted by atomic mass is 79.9. The lowest BCUT2D eigenvalue weighted by Crippen LogP contribution is -1.99. The Bertz CT molecular complexity index is 782. The molecule has 0 spiro atoms. The maximum absolute atomic E-state index is 6.01. The SMILES string of the molecule is Cc1cc2ncn(-c3ncnc(Cl)c3Br)c2cc1C. The van der Waals surface area contributed by atoms with Gasteiger partial charge in [0, 0.05) is 0 Å². The number of imidazole rings is 1. The summed E-state index contributed by atoms with van der Waals surface area (Å²) < 4.78 is 2.56. The second-order valence-corrected chi connectivity index (χ2v) is 5.49. The molecule has 0 unspecified atom stereocenters. The minimum Gasteiger partial charge on any atom is -0.282 e. The van der Waals surface area contributed by atoms with Gasteiger partial charge < -0.3 is 0 Å². The van der Waals surface area contributed by atoms with Gasteiger partial charge in [-0.25, -0.2) is 15.0 Å². The van der Waals surface area contributed by atoms with E-state index >= 15 is 0 Å². The van der Waals surface area contributed by atoms with E-state index in [0.717, 1.165) is 11.0 Å². The van der Waals surface area contributed by atoms with Gasteiger partial charge in [0.15, 0.2) is 5.82 Å². The molecule has 0 saturated heterocycles. The third-order valence-electron chi connectivity index (χ3n) is 3.12. The Balaban J connectivity index is 2.31. The van der Waals surface area contributed by atoms with Gasteiger partial charge in [-0.1, -0.05) is 11.6 Å². The Labute approximate surface area is 123 Å². The second-order valence-electron chi connectivity index (χ2n) is 4.34. The van der Waals surface area contributed by atoms with Crippen molar-refractivity contribution in [2.24, 2.45) is 0 Å². The van der Waals surface area contributed by atoms with E-state index < -0.39 is 0 Å². The molecular formula is C13H10BrClN4. The van der Waals surface area contributed by atoms with Gasteiger partial charge in [-0.2, -0.15) is 0 Å². The number of nitrogens with zero attached hydrogens (tertiary/aromatic N) is 4. The fraction of sp³-hybridized carbons (Fsp3) is 0.154. The lowest BCUT2D eigenvalue weighted by atomic mass is 10.1. The average molecular weight is 338 g/mol. The van der Waals surface area contributed by atoms with E-state index in [0.29, 0.717) is 15.4 Å².